The molecule has 5 aliphatic heterocycles. The molecule has 6 heterocycles. The van der Waals surface area contributed by atoms with Gasteiger partial charge in [-0.3, -0.25) is 29.4 Å². The molecule has 0 bridgehead atoms. The summed E-state index contributed by atoms with van der Waals surface area (Å²) < 4.78 is 7.50. The van der Waals surface area contributed by atoms with E-state index in [0.29, 0.717) is 54.5 Å². The van der Waals surface area contributed by atoms with Gasteiger partial charge in [0.1, 0.15) is 11.8 Å². The molecule has 0 spiro atoms. The Kier molecular flexibility index (Phi) is 11.5. The number of amides is 5. The second-order valence-corrected chi connectivity index (χ2v) is 16.8. The van der Waals surface area contributed by atoms with E-state index in [1.54, 1.807) is 35.6 Å². The van der Waals surface area contributed by atoms with Gasteiger partial charge in [-0.05, 0) is 91.6 Å². The Bertz CT molecular complexity index is 2180. The predicted octanol–water partition coefficient (Wildman–Crippen LogP) is 3.60. The summed E-state index contributed by atoms with van der Waals surface area (Å²) in [5.74, 6) is 0.601. The average Bonchev–Trinajstić information content (AvgIpc) is 3.56. The number of ether oxygens (including phenoxy) is 1. The second kappa shape index (κ2) is 16.7. The lowest BCUT2D eigenvalue weighted by atomic mass is 9.92. The van der Waals surface area contributed by atoms with E-state index in [2.05, 4.69) is 31.4 Å². The predicted molar refractivity (Wildman–Crippen MR) is 221 cm³/mol. The molecule has 3 aromatic rings. The van der Waals surface area contributed by atoms with Crippen molar-refractivity contribution in [2.24, 2.45) is 13.0 Å². The lowest BCUT2D eigenvalue weighted by molar-refractivity contribution is -0.136. The van der Waals surface area contributed by atoms with Gasteiger partial charge in [-0.1, -0.05) is 11.6 Å². The van der Waals surface area contributed by atoms with E-state index in [1.165, 1.54) is 6.42 Å². The number of urea groups is 1. The zero-order valence-electron chi connectivity index (χ0n) is 33.7. The topological polar surface area (TPSA) is 140 Å². The molecule has 0 saturated carbocycles. The van der Waals surface area contributed by atoms with Crippen molar-refractivity contribution in [3.63, 3.8) is 0 Å². The van der Waals surface area contributed by atoms with Crippen LogP contribution in [0, 0.1) is 5.92 Å². The zero-order valence-corrected chi connectivity index (χ0v) is 34.4. The van der Waals surface area contributed by atoms with Gasteiger partial charge in [0, 0.05) is 119 Å². The number of piperazine rings is 1. The molecule has 15 heteroatoms. The fourth-order valence-electron chi connectivity index (χ4n) is 9.48. The van der Waals surface area contributed by atoms with E-state index in [4.69, 9.17) is 16.3 Å². The van der Waals surface area contributed by atoms with E-state index in [0.717, 1.165) is 97.9 Å². The van der Waals surface area contributed by atoms with E-state index in [9.17, 15) is 24.0 Å². The summed E-state index contributed by atoms with van der Waals surface area (Å²) in [7, 11) is 5.01. The number of nitrogens with zero attached hydrogens (tertiary/aromatic N) is 6. The number of hydrogen-bond donors (Lipinski definition) is 2. The Morgan fingerprint density at radius 2 is 1.66 bits per heavy atom. The quantitative estimate of drug-likeness (QED) is 0.311. The van der Waals surface area contributed by atoms with Crippen LogP contribution >= 0.6 is 11.6 Å². The summed E-state index contributed by atoms with van der Waals surface area (Å²) in [5, 5.41) is 5.68. The normalized spacial score (nSPS) is 20.6. The van der Waals surface area contributed by atoms with E-state index in [1.807, 2.05) is 30.5 Å². The molecule has 0 radical (unpaired) electrons. The Morgan fingerprint density at radius 3 is 2.38 bits per heavy atom. The van der Waals surface area contributed by atoms with Crippen LogP contribution in [-0.4, -0.2) is 120 Å². The van der Waals surface area contributed by atoms with Gasteiger partial charge in [-0.2, -0.15) is 0 Å². The minimum Gasteiger partial charge on any atom is -0.496 e. The minimum absolute atomic E-state index is 0.0957. The number of pyridine rings is 1. The Morgan fingerprint density at radius 1 is 0.897 bits per heavy atom. The third kappa shape index (κ3) is 7.93. The van der Waals surface area contributed by atoms with E-state index in [-0.39, 0.29) is 42.3 Å². The molecule has 3 saturated heterocycles. The highest BCUT2D eigenvalue weighted by Gasteiger charge is 2.39. The number of benzene rings is 2. The van der Waals surface area contributed by atoms with Crippen molar-refractivity contribution in [3.8, 4) is 16.9 Å². The highest BCUT2D eigenvalue weighted by molar-refractivity contribution is 6.32. The van der Waals surface area contributed by atoms with Gasteiger partial charge in [-0.25, -0.2) is 4.79 Å². The highest BCUT2D eigenvalue weighted by atomic mass is 35.5. The number of piperidine rings is 2. The average molecular weight is 813 g/mol. The van der Waals surface area contributed by atoms with Crippen LogP contribution in [0.15, 0.2) is 41.3 Å². The second-order valence-electron chi connectivity index (χ2n) is 16.4. The van der Waals surface area contributed by atoms with Crippen molar-refractivity contribution >= 4 is 41.0 Å². The summed E-state index contributed by atoms with van der Waals surface area (Å²) >= 11 is 7.02. The number of nitrogens with one attached hydrogen (secondary N) is 2. The van der Waals surface area contributed by atoms with Gasteiger partial charge >= 0.3 is 6.03 Å². The Labute approximate surface area is 344 Å². The molecular formula is C43H53ClN8O6. The number of aryl methyl sites for hydroxylation is 1. The Hall–Kier alpha value is -4.92. The molecule has 8 rings (SSSR count). The Balaban J connectivity index is 0.819. The number of fused-ring (bicyclic) bond motifs is 2. The lowest BCUT2D eigenvalue weighted by Gasteiger charge is -2.37. The molecular weight excluding hydrogens is 760 g/mol. The van der Waals surface area contributed by atoms with Crippen LogP contribution in [0.25, 0.3) is 11.1 Å². The van der Waals surface area contributed by atoms with Crippen LogP contribution < -0.4 is 25.8 Å². The van der Waals surface area contributed by atoms with Gasteiger partial charge < -0.3 is 34.2 Å². The van der Waals surface area contributed by atoms with Crippen LogP contribution in [-0.2, 0) is 42.7 Å². The summed E-state index contributed by atoms with van der Waals surface area (Å²) in [6.45, 7) is 8.79. The maximum atomic E-state index is 13.1. The SMILES string of the molecule is CNC(=O)N1CCc2c(-c3cc(Cl)c(CN4CCN(CCC5CCN(c6ccc7c(c6)CN(C6CCC(=O)NC6=O)C7=O)CC5)CC4)c(OC)c3)cn(C)c(=O)c2C1. The summed E-state index contributed by atoms with van der Waals surface area (Å²) in [5.41, 5.74) is 7.00. The van der Waals surface area contributed by atoms with Gasteiger partial charge in [0.05, 0.1) is 13.7 Å². The van der Waals surface area contributed by atoms with Crippen molar-refractivity contribution in [1.29, 1.82) is 0 Å². The lowest BCUT2D eigenvalue weighted by Crippen LogP contribution is -2.52. The van der Waals surface area contributed by atoms with Crippen molar-refractivity contribution in [2.75, 3.05) is 71.4 Å². The fourth-order valence-corrected chi connectivity index (χ4v) is 9.75. The van der Waals surface area contributed by atoms with Crippen molar-refractivity contribution in [2.45, 2.75) is 64.2 Å². The zero-order chi connectivity index (χ0) is 40.7. The molecule has 3 fully saturated rings. The molecule has 2 N–H and O–H groups in total. The molecule has 58 heavy (non-hydrogen) atoms. The largest absolute Gasteiger partial charge is 0.496 e. The molecule has 14 nitrogen and oxygen atoms in total. The number of hydrogen-bond acceptors (Lipinski definition) is 9. The van der Waals surface area contributed by atoms with Gasteiger partial charge in [0.25, 0.3) is 11.5 Å². The minimum atomic E-state index is -0.599. The molecule has 0 aliphatic carbocycles. The number of aromatic nitrogens is 1. The number of methoxy groups -OCH3 is 1. The molecule has 1 aromatic heterocycles. The first-order valence-electron chi connectivity index (χ1n) is 20.5. The number of rotatable bonds is 9. The molecule has 5 amide bonds. The third-order valence-corrected chi connectivity index (χ3v) is 13.3. The summed E-state index contributed by atoms with van der Waals surface area (Å²) in [4.78, 5) is 73.4. The number of imide groups is 1. The smallest absolute Gasteiger partial charge is 0.317 e. The van der Waals surface area contributed by atoms with Crippen molar-refractivity contribution < 1.29 is 23.9 Å². The van der Waals surface area contributed by atoms with Crippen LogP contribution in [0.1, 0.15) is 64.7 Å². The first-order chi connectivity index (χ1) is 28.0. The number of anilines is 1. The van der Waals surface area contributed by atoms with Crippen LogP contribution in [0.2, 0.25) is 5.02 Å². The maximum Gasteiger partial charge on any atom is 0.317 e. The van der Waals surface area contributed by atoms with Gasteiger partial charge in [0.2, 0.25) is 11.8 Å². The molecule has 1 unspecified atom stereocenters. The molecule has 2 aromatic carbocycles. The van der Waals surface area contributed by atoms with Crippen LogP contribution in [0.3, 0.4) is 0 Å². The van der Waals surface area contributed by atoms with Crippen LogP contribution in [0.4, 0.5) is 10.5 Å². The first kappa shape index (κ1) is 39.9. The third-order valence-electron chi connectivity index (χ3n) is 12.9. The summed E-state index contributed by atoms with van der Waals surface area (Å²) in [6.07, 6.45) is 6.49. The number of halogens is 1. The first-order valence-corrected chi connectivity index (χ1v) is 20.9. The molecule has 308 valence electrons. The van der Waals surface area contributed by atoms with Gasteiger partial charge in [0.15, 0.2) is 0 Å². The fraction of sp³-hybridized carbons (Fsp3) is 0.512. The van der Waals surface area contributed by atoms with Crippen LogP contribution in [0.5, 0.6) is 5.75 Å². The van der Waals surface area contributed by atoms with E-state index >= 15 is 0 Å². The van der Waals surface area contributed by atoms with Crippen molar-refractivity contribution in [3.05, 3.63) is 79.7 Å². The standard InChI is InChI=1S/C43H53ClN8O6/c1-45-43(57)51-15-11-32-33(24-47(2)41(55)34(32)26-51)28-21-36(44)35(38(22-28)58-3)25-49-18-16-48(17-19-49)12-8-27-9-13-50(14-10-27)30-4-5-31-29(20-30)23-52(42(31)56)37-6-7-39(53)46-40(37)54/h4-5,20-22,24,27,37H,6-19,23,25-26H2,1-3H3,(H,45,57)(H,46,53,54). The van der Waals surface area contributed by atoms with Crippen molar-refractivity contribution in [1.82, 2.24) is 34.8 Å². The molecule has 5 aliphatic rings. The molecule has 1 atom stereocenters. The van der Waals surface area contributed by atoms with Gasteiger partial charge in [-0.15, -0.1) is 0 Å². The number of carbonyl (C=O) groups is 4. The number of carbonyl (C=O) groups excluding carboxylic acids is 4. The monoisotopic (exact) mass is 812 g/mol. The highest BCUT2D eigenvalue weighted by Crippen LogP contribution is 2.38. The maximum absolute atomic E-state index is 13.1. The van der Waals surface area contributed by atoms with E-state index < -0.39 is 6.04 Å². The summed E-state index contributed by atoms with van der Waals surface area (Å²) in [6, 6.07) is 9.26.